The first-order valence-electron chi connectivity index (χ1n) is 43.1. The monoisotopic (exact) mass is 1760 g/mol. The first-order chi connectivity index (χ1) is 56.8. The van der Waals surface area contributed by atoms with Gasteiger partial charge in [0.2, 0.25) is 19.6 Å². The summed E-state index contributed by atoms with van der Waals surface area (Å²) in [6.45, 7) is 60.5. The number of rotatable bonds is 72. The number of carbonyl (C=O) groups is 3. The van der Waals surface area contributed by atoms with Crippen LogP contribution in [0.15, 0.2) is 0 Å². The van der Waals surface area contributed by atoms with Crippen molar-refractivity contribution in [1.82, 2.24) is 4.67 Å². The molecule has 118 heavy (non-hydrogen) atoms. The molecular formula is C83H149N5O26P4. The first-order valence-corrected chi connectivity index (χ1v) is 47.5. The molecule has 0 aromatic heterocycles. The van der Waals surface area contributed by atoms with Crippen molar-refractivity contribution in [2.45, 2.75) is 263 Å². The lowest BCUT2D eigenvalue weighted by atomic mass is 9.79. The number of nitrogens with zero attached hydrogens (tertiary/aromatic N) is 5. The Hall–Kier alpha value is -2.75. The van der Waals surface area contributed by atoms with Crippen LogP contribution in [0.5, 0.6) is 0 Å². The number of nitriles is 1. The average Bonchev–Trinajstić information content (AvgIpc) is 0.830. The second kappa shape index (κ2) is 67.6. The summed E-state index contributed by atoms with van der Waals surface area (Å²) in [5.74, 6) is 1.21. The molecule has 0 N–H and O–H groups in total. The Bertz CT molecular complexity index is 2510. The molecule has 0 aromatic carbocycles. The zero-order valence-corrected chi connectivity index (χ0v) is 77.7. The summed E-state index contributed by atoms with van der Waals surface area (Å²) >= 11 is 0. The molecule has 682 valence electrons. The Balaban J connectivity index is 1.72. The molecule has 19 atom stereocenters. The predicted molar refractivity (Wildman–Crippen MR) is 450 cm³/mol. The van der Waals surface area contributed by atoms with Crippen LogP contribution in [0.4, 0.5) is 0 Å². The summed E-state index contributed by atoms with van der Waals surface area (Å²) in [6.07, 6.45) is 9.98. The molecular weight excluding hydrogens is 1610 g/mol. The molecule has 0 radical (unpaired) electrons. The Kier molecular flexibility index (Phi) is 62.7. The van der Waals surface area contributed by atoms with Crippen molar-refractivity contribution >= 4 is 52.2 Å². The highest BCUT2D eigenvalue weighted by Crippen LogP contribution is 2.49. The van der Waals surface area contributed by atoms with Crippen LogP contribution in [0.2, 0.25) is 0 Å². The second-order valence-corrected chi connectivity index (χ2v) is 36.6. The number of esters is 3. The van der Waals surface area contributed by atoms with Gasteiger partial charge in [-0.05, 0) is 121 Å². The SMILES string of the molecule is [C-]#[N+]CCOP(OCCCCCCO[C@@H]1OC(COC(C)=O)[C@H](C)[C@H](C)C1C)OCCCOCC(COCCCOP(OCCCCCCO[C@@H]1OC(COC(C)=O)[C@H](C)[C@H](C)C1C)OCC[N+]#[C-])(COCCCOP(OCCCCCCO[C@@H]1OC(COC(C)=O)[C@H](C)[C@H](C)C1C)OCC[N+]#[C-])COP(OCCC#N)N(C(C)C)C(C)C. The molecule has 0 saturated carbocycles. The number of hydrogen-bond donors (Lipinski definition) is 0. The van der Waals surface area contributed by atoms with Gasteiger partial charge in [0.25, 0.3) is 8.53 Å². The molecule has 0 aromatic rings. The highest BCUT2D eigenvalue weighted by atomic mass is 31.2. The fourth-order valence-electron chi connectivity index (χ4n) is 13.2. The fourth-order valence-corrected chi connectivity index (χ4v) is 18.0. The summed E-state index contributed by atoms with van der Waals surface area (Å²) in [7, 11) is -6.99. The van der Waals surface area contributed by atoms with Crippen molar-refractivity contribution in [1.29, 1.82) is 5.26 Å². The summed E-state index contributed by atoms with van der Waals surface area (Å²) in [6, 6.07) is 2.24. The predicted octanol–water partition coefficient (Wildman–Crippen LogP) is 17.4. The van der Waals surface area contributed by atoms with Crippen molar-refractivity contribution < 1.29 is 121 Å². The lowest BCUT2D eigenvalue weighted by Gasteiger charge is -2.43. The van der Waals surface area contributed by atoms with Gasteiger partial charge >= 0.3 is 43.7 Å². The van der Waals surface area contributed by atoms with E-state index < -0.39 is 39.7 Å². The van der Waals surface area contributed by atoms with E-state index in [1.807, 2.05) is 0 Å². The molecule has 0 bridgehead atoms. The van der Waals surface area contributed by atoms with Gasteiger partial charge in [0.15, 0.2) is 18.9 Å². The van der Waals surface area contributed by atoms with Gasteiger partial charge in [-0.1, -0.05) is 101 Å². The molecule has 3 heterocycles. The molecule has 31 nitrogen and oxygen atoms in total. The van der Waals surface area contributed by atoms with E-state index in [1.54, 1.807) is 0 Å². The Labute approximate surface area is 713 Å². The van der Waals surface area contributed by atoms with Crippen LogP contribution >= 0.6 is 34.3 Å². The zero-order chi connectivity index (χ0) is 86.7. The van der Waals surface area contributed by atoms with E-state index in [2.05, 4.69) is 115 Å². The number of unbranched alkanes of at least 4 members (excludes halogenated alkanes) is 9. The van der Waals surface area contributed by atoms with E-state index >= 15 is 0 Å². The van der Waals surface area contributed by atoms with Gasteiger partial charge in [0, 0.05) is 90.2 Å². The third kappa shape index (κ3) is 47.5. The molecule has 3 fully saturated rings. The molecule has 3 aliphatic rings. The molecule has 3 aliphatic heterocycles. The van der Waals surface area contributed by atoms with Crippen molar-refractivity contribution in [3.63, 3.8) is 0 Å². The summed E-state index contributed by atoms with van der Waals surface area (Å²) in [4.78, 5) is 45.0. The van der Waals surface area contributed by atoms with Crippen LogP contribution in [0.1, 0.15) is 214 Å². The van der Waals surface area contributed by atoms with Gasteiger partial charge < -0.3 is 121 Å². The molecule has 35 heteroatoms. The van der Waals surface area contributed by atoms with Gasteiger partial charge in [-0.25, -0.2) is 24.4 Å². The molecule has 0 aliphatic carbocycles. The van der Waals surface area contributed by atoms with Crippen molar-refractivity contribution in [3.05, 3.63) is 34.3 Å². The lowest BCUT2D eigenvalue weighted by Crippen LogP contribution is -2.47. The minimum absolute atomic E-state index is 0.0235. The highest BCUT2D eigenvalue weighted by molar-refractivity contribution is 7.44. The third-order valence-corrected chi connectivity index (χ3v) is 26.9. The average molecular weight is 1760 g/mol. The smallest absolute Gasteiger partial charge is 0.332 e. The van der Waals surface area contributed by atoms with Crippen LogP contribution < -0.4 is 0 Å². The Morgan fingerprint density at radius 2 is 0.644 bits per heavy atom. The van der Waals surface area contributed by atoms with Crippen molar-refractivity contribution in [2.75, 3.05) is 172 Å². The Morgan fingerprint density at radius 1 is 0.364 bits per heavy atom. The number of hydrogen-bond acceptors (Lipinski definition) is 28. The van der Waals surface area contributed by atoms with Crippen LogP contribution in [0.25, 0.3) is 14.5 Å². The van der Waals surface area contributed by atoms with E-state index in [0.29, 0.717) is 76.7 Å². The van der Waals surface area contributed by atoms with Crippen molar-refractivity contribution in [3.8, 4) is 6.07 Å². The molecule has 3 rings (SSSR count). The van der Waals surface area contributed by atoms with Gasteiger partial charge in [0.05, 0.1) is 109 Å². The minimum atomic E-state index is -1.76. The number of ether oxygens (including phenoxy) is 12. The van der Waals surface area contributed by atoms with E-state index in [9.17, 15) is 19.6 Å². The maximum atomic E-state index is 11.5. The normalized spacial score (nSPS) is 25.0. The number of carbonyl (C=O) groups excluding carboxylic acids is 3. The molecule has 10 unspecified atom stereocenters. The molecule has 3 saturated heterocycles. The third-order valence-electron chi connectivity index (χ3n) is 21.3. The van der Waals surface area contributed by atoms with Gasteiger partial charge in [-0.3, -0.25) is 14.4 Å². The summed E-state index contributed by atoms with van der Waals surface area (Å²) in [5, 5.41) is 9.61. The second-order valence-electron chi connectivity index (χ2n) is 31.5. The highest BCUT2D eigenvalue weighted by Gasteiger charge is 2.44. The standard InChI is InChI=1S/C83H149N5O26P4/c1-63(2)88(64(3)4)115(101-49-32-36-84)111-62-83(59-92-40-33-50-105-116(108-53-37-85-17)102-46-29-23-20-26-43-95-80-71(11)65(5)68(8)77(112-80)56-98-74(14)89,60-93-41-34-51-106-117(109-54-38-86-18)103-47-30-24-21-27-44-96-81-72(12)66(6)69(9)78(113-81)57-99-75(15)90)61-94-42-35-52-107-118(110-55-39-87-19)104-48-31-25-22-28-45-97-82-73(13)67(7)70(10)79(114-82)58-100-76(16)91/h63-73,77-82H,20-35,37-62H2,1-16H3/t65-,66-,67-,68+,69+,70+,71?,72?,73?,77?,78?,79?,80+,81+,82+,83?,115?,116?,117?,118?/m0/s1. The molecule has 0 amide bonds. The molecule has 0 spiro atoms. The van der Waals surface area contributed by atoms with Crippen LogP contribution in [0.3, 0.4) is 0 Å². The lowest BCUT2D eigenvalue weighted by molar-refractivity contribution is -0.255. The van der Waals surface area contributed by atoms with E-state index in [1.165, 1.54) is 20.8 Å². The van der Waals surface area contributed by atoms with Gasteiger partial charge in [-0.2, -0.15) is 5.26 Å². The van der Waals surface area contributed by atoms with Crippen LogP contribution in [-0.4, -0.2) is 243 Å². The fraction of sp³-hybridized carbons (Fsp3) is 0.916. The van der Waals surface area contributed by atoms with Crippen LogP contribution in [-0.2, 0) is 121 Å². The van der Waals surface area contributed by atoms with E-state index in [0.717, 1.165) is 77.0 Å². The Morgan fingerprint density at radius 3 is 0.915 bits per heavy atom. The van der Waals surface area contributed by atoms with E-state index in [4.69, 9.17) is 126 Å². The van der Waals surface area contributed by atoms with Crippen molar-refractivity contribution in [2.24, 2.45) is 58.7 Å². The largest absolute Gasteiger partial charge is 0.463 e. The zero-order valence-electron chi connectivity index (χ0n) is 74.2. The summed E-state index contributed by atoms with van der Waals surface area (Å²) in [5.41, 5.74) is -0.931. The van der Waals surface area contributed by atoms with Gasteiger partial charge in [-0.15, -0.1) is 0 Å². The quantitative estimate of drug-likeness (QED) is 0.0180. The maximum absolute atomic E-state index is 11.5. The maximum Gasteiger partial charge on any atom is 0.332 e. The topological polar surface area (TPSA) is 304 Å². The van der Waals surface area contributed by atoms with E-state index in [-0.39, 0.29) is 241 Å². The first kappa shape index (κ1) is 109. The minimum Gasteiger partial charge on any atom is -0.463 e. The summed E-state index contributed by atoms with van der Waals surface area (Å²) < 4.78 is 144. The van der Waals surface area contributed by atoms with Gasteiger partial charge in [0.1, 0.15) is 39.6 Å². The van der Waals surface area contributed by atoms with Crippen LogP contribution in [0, 0.1) is 89.7 Å².